The van der Waals surface area contributed by atoms with Gasteiger partial charge in [0.2, 0.25) is 5.91 Å². The number of aromatic carboxylic acids is 1. The van der Waals surface area contributed by atoms with Gasteiger partial charge in [-0.05, 0) is 58.8 Å². The van der Waals surface area contributed by atoms with Crippen LogP contribution in [0.1, 0.15) is 22.3 Å². The topological polar surface area (TPSA) is 79.3 Å². The number of amides is 1. The van der Waals surface area contributed by atoms with Crippen LogP contribution in [0.2, 0.25) is 0 Å². The Morgan fingerprint density at radius 1 is 1.29 bits per heavy atom. The first-order chi connectivity index (χ1) is 10.1. The monoisotopic (exact) mass is 396 g/mol. The van der Waals surface area contributed by atoms with Gasteiger partial charge >= 0.3 is 5.97 Å². The first-order valence-electron chi connectivity index (χ1n) is 6.28. The molecule has 6 heteroatoms. The number of carboxylic acid groups (broad SMARTS) is 1. The number of rotatable bonds is 5. The molecule has 2 rings (SSSR count). The largest absolute Gasteiger partial charge is 0.478 e. The van der Waals surface area contributed by atoms with Gasteiger partial charge in [-0.1, -0.05) is 6.07 Å². The molecule has 0 fully saturated rings. The minimum Gasteiger partial charge on any atom is -0.478 e. The summed E-state index contributed by atoms with van der Waals surface area (Å²) in [6.45, 7) is 0. The summed E-state index contributed by atoms with van der Waals surface area (Å²) in [5.41, 5.74) is 1.38. The van der Waals surface area contributed by atoms with E-state index in [2.05, 4.69) is 10.3 Å². The zero-order valence-electron chi connectivity index (χ0n) is 11.0. The van der Waals surface area contributed by atoms with Crippen LogP contribution >= 0.6 is 22.6 Å². The zero-order valence-corrected chi connectivity index (χ0v) is 13.2. The molecule has 0 saturated heterocycles. The molecule has 0 aliphatic carbocycles. The number of nitrogens with zero attached hydrogens (tertiary/aromatic N) is 1. The number of benzene rings is 1. The van der Waals surface area contributed by atoms with Gasteiger partial charge in [0.05, 0.1) is 11.3 Å². The van der Waals surface area contributed by atoms with Crippen molar-refractivity contribution >= 4 is 40.2 Å². The highest BCUT2D eigenvalue weighted by Gasteiger charge is 2.13. The second kappa shape index (κ2) is 7.16. The van der Waals surface area contributed by atoms with Gasteiger partial charge in [-0.15, -0.1) is 0 Å². The molecule has 21 heavy (non-hydrogen) atoms. The van der Waals surface area contributed by atoms with E-state index >= 15 is 0 Å². The predicted octanol–water partition coefficient (Wildman–Crippen LogP) is 2.96. The van der Waals surface area contributed by atoms with Crippen molar-refractivity contribution in [1.29, 1.82) is 0 Å². The Labute approximate surface area is 135 Å². The highest BCUT2D eigenvalue weighted by atomic mass is 127. The SMILES string of the molecule is O=C(CCc1cccnc1)Nc1ccc(I)cc1C(=O)O. The van der Waals surface area contributed by atoms with Gasteiger partial charge in [0.15, 0.2) is 0 Å². The lowest BCUT2D eigenvalue weighted by Crippen LogP contribution is -2.15. The van der Waals surface area contributed by atoms with Crippen molar-refractivity contribution in [3.8, 4) is 0 Å². The van der Waals surface area contributed by atoms with Gasteiger partial charge in [-0.2, -0.15) is 0 Å². The van der Waals surface area contributed by atoms with Gasteiger partial charge < -0.3 is 10.4 Å². The number of hydrogen-bond acceptors (Lipinski definition) is 3. The maximum Gasteiger partial charge on any atom is 0.337 e. The van der Waals surface area contributed by atoms with Crippen LogP contribution < -0.4 is 5.32 Å². The van der Waals surface area contributed by atoms with Gasteiger partial charge in [0, 0.05) is 22.4 Å². The highest BCUT2D eigenvalue weighted by Crippen LogP contribution is 2.19. The minimum absolute atomic E-state index is 0.0941. The third kappa shape index (κ3) is 4.52. The Balaban J connectivity index is 2.01. The molecule has 5 nitrogen and oxygen atoms in total. The first kappa shape index (κ1) is 15.4. The number of nitrogens with one attached hydrogen (secondary N) is 1. The predicted molar refractivity (Wildman–Crippen MR) is 87.3 cm³/mol. The van der Waals surface area contributed by atoms with E-state index in [1.807, 2.05) is 34.7 Å². The van der Waals surface area contributed by atoms with E-state index in [-0.39, 0.29) is 17.9 Å². The lowest BCUT2D eigenvalue weighted by Gasteiger charge is -2.09. The number of carbonyl (C=O) groups is 2. The molecule has 108 valence electrons. The molecule has 1 amide bonds. The van der Waals surface area contributed by atoms with Crippen LogP contribution in [0.25, 0.3) is 0 Å². The van der Waals surface area contributed by atoms with Crippen LogP contribution in [0.4, 0.5) is 5.69 Å². The molecule has 0 unspecified atom stereocenters. The van der Waals surface area contributed by atoms with Crippen molar-refractivity contribution in [3.05, 3.63) is 57.4 Å². The number of aryl methyl sites for hydroxylation is 1. The molecule has 0 atom stereocenters. The van der Waals surface area contributed by atoms with E-state index < -0.39 is 5.97 Å². The number of hydrogen-bond donors (Lipinski definition) is 2. The molecule has 1 aromatic heterocycles. The van der Waals surface area contributed by atoms with Gasteiger partial charge in [-0.3, -0.25) is 9.78 Å². The zero-order chi connectivity index (χ0) is 15.2. The van der Waals surface area contributed by atoms with Gasteiger partial charge in [0.25, 0.3) is 0 Å². The van der Waals surface area contributed by atoms with Crippen molar-refractivity contribution in [2.75, 3.05) is 5.32 Å². The molecule has 2 N–H and O–H groups in total. The first-order valence-corrected chi connectivity index (χ1v) is 7.36. The standard InChI is InChI=1S/C15H13IN2O3/c16-11-4-5-13(12(8-11)15(20)21)18-14(19)6-3-10-2-1-7-17-9-10/h1-2,4-5,7-9H,3,6H2,(H,18,19)(H,20,21). The van der Waals surface area contributed by atoms with E-state index in [1.54, 1.807) is 24.5 Å². The fourth-order valence-electron chi connectivity index (χ4n) is 1.82. The van der Waals surface area contributed by atoms with Crippen molar-refractivity contribution in [1.82, 2.24) is 4.98 Å². The highest BCUT2D eigenvalue weighted by molar-refractivity contribution is 14.1. The molecule has 0 spiro atoms. The minimum atomic E-state index is -1.06. The number of pyridine rings is 1. The Hall–Kier alpha value is -1.96. The summed E-state index contributed by atoms with van der Waals surface area (Å²) in [7, 11) is 0. The van der Waals surface area contributed by atoms with Crippen LogP contribution in [0.3, 0.4) is 0 Å². The number of carbonyl (C=O) groups excluding carboxylic acids is 1. The molecule has 2 aromatic rings. The van der Waals surface area contributed by atoms with E-state index in [1.165, 1.54) is 6.07 Å². The second-order valence-corrected chi connectivity index (χ2v) is 5.65. The molecule has 0 radical (unpaired) electrons. The van der Waals surface area contributed by atoms with Crippen LogP contribution in [-0.4, -0.2) is 22.0 Å². The summed E-state index contributed by atoms with van der Waals surface area (Å²) >= 11 is 2.03. The summed E-state index contributed by atoms with van der Waals surface area (Å²) in [6.07, 6.45) is 4.22. The summed E-state index contributed by atoms with van der Waals surface area (Å²) in [5.74, 6) is -1.28. The normalized spacial score (nSPS) is 10.1. The lowest BCUT2D eigenvalue weighted by atomic mass is 10.1. The third-order valence-corrected chi connectivity index (χ3v) is 3.52. The van der Waals surface area contributed by atoms with Crippen LogP contribution in [0, 0.1) is 3.57 Å². The maximum absolute atomic E-state index is 11.9. The fraction of sp³-hybridized carbons (Fsp3) is 0.133. The summed E-state index contributed by atoms with van der Waals surface area (Å²) < 4.78 is 0.804. The average molecular weight is 396 g/mol. The van der Waals surface area contributed by atoms with E-state index in [4.69, 9.17) is 5.11 Å². The number of carboxylic acids is 1. The van der Waals surface area contributed by atoms with Crippen molar-refractivity contribution in [2.24, 2.45) is 0 Å². The fourth-order valence-corrected chi connectivity index (χ4v) is 2.31. The molecule has 1 heterocycles. The molecular weight excluding hydrogens is 383 g/mol. The summed E-state index contributed by atoms with van der Waals surface area (Å²) in [6, 6.07) is 8.60. The Bertz CT molecular complexity index is 659. The maximum atomic E-state index is 11.9. The summed E-state index contributed by atoms with van der Waals surface area (Å²) in [4.78, 5) is 27.1. The van der Waals surface area contributed by atoms with Crippen LogP contribution in [-0.2, 0) is 11.2 Å². The second-order valence-electron chi connectivity index (χ2n) is 4.40. The number of halogens is 1. The number of anilines is 1. The van der Waals surface area contributed by atoms with E-state index in [0.29, 0.717) is 12.1 Å². The van der Waals surface area contributed by atoms with Gasteiger partial charge in [0.1, 0.15) is 0 Å². The third-order valence-electron chi connectivity index (χ3n) is 2.85. The van der Waals surface area contributed by atoms with E-state index in [9.17, 15) is 9.59 Å². The molecular formula is C15H13IN2O3. The molecule has 0 bridgehead atoms. The Morgan fingerprint density at radius 2 is 2.10 bits per heavy atom. The van der Waals surface area contributed by atoms with Gasteiger partial charge in [-0.25, -0.2) is 4.79 Å². The average Bonchev–Trinajstić information content (AvgIpc) is 2.48. The Morgan fingerprint density at radius 3 is 2.76 bits per heavy atom. The number of aromatic nitrogens is 1. The quantitative estimate of drug-likeness (QED) is 0.762. The molecule has 0 saturated carbocycles. The van der Waals surface area contributed by atoms with E-state index in [0.717, 1.165) is 9.13 Å². The smallest absolute Gasteiger partial charge is 0.337 e. The van der Waals surface area contributed by atoms with Crippen LogP contribution in [0.5, 0.6) is 0 Å². The lowest BCUT2D eigenvalue weighted by molar-refractivity contribution is -0.116. The Kier molecular flexibility index (Phi) is 5.26. The van der Waals surface area contributed by atoms with Crippen molar-refractivity contribution in [2.45, 2.75) is 12.8 Å². The van der Waals surface area contributed by atoms with Crippen molar-refractivity contribution < 1.29 is 14.7 Å². The van der Waals surface area contributed by atoms with Crippen LogP contribution in [0.15, 0.2) is 42.7 Å². The molecule has 1 aromatic carbocycles. The van der Waals surface area contributed by atoms with Crippen molar-refractivity contribution in [3.63, 3.8) is 0 Å². The molecule has 0 aliphatic heterocycles. The molecule has 0 aliphatic rings. The summed E-state index contributed by atoms with van der Waals surface area (Å²) in [5, 5.41) is 11.8.